The number of likely N-dealkylation sites (tertiary alicyclic amines) is 1. The third-order valence-electron chi connectivity index (χ3n) is 8.39. The van der Waals surface area contributed by atoms with Gasteiger partial charge in [0.15, 0.2) is 0 Å². The van der Waals surface area contributed by atoms with E-state index in [0.717, 1.165) is 50.2 Å². The first kappa shape index (κ1) is 28.4. The number of carbonyl (C=O) groups is 1. The van der Waals surface area contributed by atoms with E-state index in [-0.39, 0.29) is 23.6 Å². The number of halogens is 3. The average Bonchev–Trinajstić information content (AvgIpc) is 2.88. The minimum atomic E-state index is -4.35. The largest absolute Gasteiger partial charge is 0.416 e. The number of piperazine rings is 1. The van der Waals surface area contributed by atoms with Gasteiger partial charge in [0.2, 0.25) is 0 Å². The molecule has 0 saturated carbocycles. The summed E-state index contributed by atoms with van der Waals surface area (Å²) in [4.78, 5) is 28.4. The Balaban J connectivity index is 1.34. The molecule has 4 rings (SSSR count). The van der Waals surface area contributed by atoms with E-state index in [9.17, 15) is 18.0 Å². The topological polar surface area (TPSA) is 61.8 Å². The number of aromatic nitrogens is 2. The van der Waals surface area contributed by atoms with Gasteiger partial charge in [-0.1, -0.05) is 12.1 Å². The molecule has 208 valence electrons. The van der Waals surface area contributed by atoms with Crippen LogP contribution < -0.4 is 0 Å². The van der Waals surface area contributed by atoms with E-state index >= 15 is 0 Å². The number of hydrogen-bond acceptors (Lipinski definition) is 6. The number of amides is 1. The zero-order chi connectivity index (χ0) is 27.7. The fourth-order valence-corrected chi connectivity index (χ4v) is 5.74. The number of piperidine rings is 1. The molecule has 0 bridgehead atoms. The Labute approximate surface area is 223 Å². The maximum absolute atomic E-state index is 13.2. The van der Waals surface area contributed by atoms with Crippen LogP contribution in [0.5, 0.6) is 0 Å². The van der Waals surface area contributed by atoms with Gasteiger partial charge < -0.3 is 9.64 Å². The lowest BCUT2D eigenvalue weighted by Gasteiger charge is -2.52. The maximum atomic E-state index is 13.2. The zero-order valence-corrected chi connectivity index (χ0v) is 22.9. The molecule has 7 nitrogen and oxygen atoms in total. The highest BCUT2D eigenvalue weighted by Gasteiger charge is 2.40. The van der Waals surface area contributed by atoms with E-state index in [1.54, 1.807) is 7.11 Å². The van der Waals surface area contributed by atoms with Gasteiger partial charge in [-0.15, -0.1) is 0 Å². The predicted molar refractivity (Wildman–Crippen MR) is 139 cm³/mol. The molecule has 2 fully saturated rings. The molecule has 2 aliphatic heterocycles. The second kappa shape index (κ2) is 11.3. The van der Waals surface area contributed by atoms with Crippen molar-refractivity contribution in [3.05, 3.63) is 58.7 Å². The average molecular weight is 534 g/mol. The first-order valence-electron chi connectivity index (χ1n) is 13.2. The molecule has 38 heavy (non-hydrogen) atoms. The lowest BCUT2D eigenvalue weighted by molar-refractivity contribution is -0.137. The Morgan fingerprint density at radius 1 is 1.08 bits per heavy atom. The molecule has 0 aliphatic carbocycles. The monoisotopic (exact) mass is 533 g/mol. The van der Waals surface area contributed by atoms with Crippen LogP contribution >= 0.6 is 0 Å². The molecule has 1 amide bonds. The molecule has 2 atom stereocenters. The number of ether oxygens (including phenoxy) is 1. The van der Waals surface area contributed by atoms with Crippen LogP contribution in [0.25, 0.3) is 0 Å². The molecular weight excluding hydrogens is 495 g/mol. The maximum Gasteiger partial charge on any atom is 0.416 e. The van der Waals surface area contributed by atoms with E-state index in [2.05, 4.69) is 33.6 Å². The lowest BCUT2D eigenvalue weighted by Crippen LogP contribution is -2.62. The van der Waals surface area contributed by atoms with Gasteiger partial charge in [0.25, 0.3) is 5.91 Å². The van der Waals surface area contributed by atoms with Gasteiger partial charge in [-0.3, -0.25) is 14.6 Å². The highest BCUT2D eigenvalue weighted by atomic mass is 19.4. The molecule has 0 N–H and O–H groups in total. The molecule has 1 aromatic carbocycles. The molecule has 0 radical (unpaired) electrons. The van der Waals surface area contributed by atoms with Crippen LogP contribution in [0.2, 0.25) is 0 Å². The number of hydrogen-bond donors (Lipinski definition) is 0. The van der Waals surface area contributed by atoms with Crippen molar-refractivity contribution in [3.8, 4) is 0 Å². The standard InChI is InChI=1S/C28H38F3N5O2/c1-19-16-36(15-14-35(19)17-24(38-5)22-6-8-23(9-7-22)28(29,30)31)27(4)10-12-34(13-11-27)26(37)25-20(2)32-18-33-21(25)3/h6-9,18-19,24H,10-17H2,1-5H3/t19?,24-/m0/s1. The number of benzene rings is 1. The van der Waals surface area contributed by atoms with Gasteiger partial charge in [-0.25, -0.2) is 9.97 Å². The van der Waals surface area contributed by atoms with Crippen molar-refractivity contribution in [2.75, 3.05) is 46.4 Å². The van der Waals surface area contributed by atoms with Crippen molar-refractivity contribution in [1.82, 2.24) is 24.7 Å². The quantitative estimate of drug-likeness (QED) is 0.545. The summed E-state index contributed by atoms with van der Waals surface area (Å²) in [5.41, 5.74) is 2.13. The van der Waals surface area contributed by atoms with Crippen molar-refractivity contribution < 1.29 is 22.7 Å². The fraction of sp³-hybridized carbons (Fsp3) is 0.607. The van der Waals surface area contributed by atoms with Crippen LogP contribution in [0.15, 0.2) is 30.6 Å². The summed E-state index contributed by atoms with van der Waals surface area (Å²) in [6, 6.07) is 5.53. The van der Waals surface area contributed by atoms with Gasteiger partial charge in [0.05, 0.1) is 28.6 Å². The highest BCUT2D eigenvalue weighted by molar-refractivity contribution is 5.96. The summed E-state index contributed by atoms with van der Waals surface area (Å²) in [7, 11) is 1.60. The Bertz CT molecular complexity index is 1100. The first-order chi connectivity index (χ1) is 17.9. The number of alkyl halides is 3. The Morgan fingerprint density at radius 2 is 1.68 bits per heavy atom. The van der Waals surface area contributed by atoms with Crippen LogP contribution in [-0.2, 0) is 10.9 Å². The van der Waals surface area contributed by atoms with Crippen molar-refractivity contribution in [1.29, 1.82) is 0 Å². The molecule has 1 unspecified atom stereocenters. The first-order valence-corrected chi connectivity index (χ1v) is 13.2. The van der Waals surface area contributed by atoms with Crippen LogP contribution in [0.1, 0.15) is 65.7 Å². The molecule has 1 aromatic heterocycles. The van der Waals surface area contributed by atoms with Gasteiger partial charge >= 0.3 is 6.18 Å². The SMILES string of the molecule is CO[C@@H](CN1CCN(C2(C)CCN(C(=O)c3c(C)ncnc3C)CC2)CC1C)c1ccc(C(F)(F)F)cc1. The summed E-state index contributed by atoms with van der Waals surface area (Å²) in [5.74, 6) is 0.00899. The highest BCUT2D eigenvalue weighted by Crippen LogP contribution is 2.33. The molecule has 10 heteroatoms. The molecule has 2 aromatic rings. The third-order valence-corrected chi connectivity index (χ3v) is 8.39. The number of methoxy groups -OCH3 is 1. The van der Waals surface area contributed by atoms with Crippen LogP contribution in [0, 0.1) is 13.8 Å². The lowest BCUT2D eigenvalue weighted by atomic mass is 9.86. The van der Waals surface area contributed by atoms with Crippen molar-refractivity contribution in [2.45, 2.75) is 64.4 Å². The smallest absolute Gasteiger partial charge is 0.375 e. The normalized spacial score (nSPS) is 21.9. The summed E-state index contributed by atoms with van der Waals surface area (Å²) in [6.07, 6.45) is -1.37. The Hall–Kier alpha value is -2.56. The Kier molecular flexibility index (Phi) is 8.44. The summed E-state index contributed by atoms with van der Waals surface area (Å²) in [6.45, 7) is 12.8. The van der Waals surface area contributed by atoms with Gasteiger partial charge in [0.1, 0.15) is 6.33 Å². The predicted octanol–water partition coefficient (Wildman–Crippen LogP) is 4.50. The van der Waals surface area contributed by atoms with E-state index < -0.39 is 11.7 Å². The molecular formula is C28H38F3N5O2. The minimum Gasteiger partial charge on any atom is -0.375 e. The van der Waals surface area contributed by atoms with Gasteiger partial charge in [0, 0.05) is 58.0 Å². The zero-order valence-electron chi connectivity index (χ0n) is 22.9. The van der Waals surface area contributed by atoms with Crippen LogP contribution in [-0.4, -0.2) is 88.5 Å². The summed E-state index contributed by atoms with van der Waals surface area (Å²) in [5, 5.41) is 0. The minimum absolute atomic E-state index is 0.00247. The van der Waals surface area contributed by atoms with E-state index in [0.29, 0.717) is 36.6 Å². The van der Waals surface area contributed by atoms with Crippen molar-refractivity contribution in [2.24, 2.45) is 0 Å². The summed E-state index contributed by atoms with van der Waals surface area (Å²) < 4.78 is 44.5. The van der Waals surface area contributed by atoms with Crippen molar-refractivity contribution >= 4 is 5.91 Å². The number of aryl methyl sites for hydroxylation is 2. The number of carbonyl (C=O) groups excluding carboxylic acids is 1. The van der Waals surface area contributed by atoms with Gasteiger partial charge in [-0.2, -0.15) is 13.2 Å². The number of nitrogens with zero attached hydrogens (tertiary/aromatic N) is 5. The molecule has 3 heterocycles. The second-order valence-corrected chi connectivity index (χ2v) is 10.8. The number of rotatable bonds is 6. The van der Waals surface area contributed by atoms with E-state index in [1.165, 1.54) is 18.5 Å². The van der Waals surface area contributed by atoms with E-state index in [1.807, 2.05) is 18.7 Å². The molecule has 2 saturated heterocycles. The molecule has 0 spiro atoms. The van der Waals surface area contributed by atoms with Crippen LogP contribution in [0.4, 0.5) is 13.2 Å². The molecule has 2 aliphatic rings. The third kappa shape index (κ3) is 6.02. The van der Waals surface area contributed by atoms with E-state index in [4.69, 9.17) is 4.74 Å². The van der Waals surface area contributed by atoms with Gasteiger partial charge in [-0.05, 0) is 58.2 Å². The fourth-order valence-electron chi connectivity index (χ4n) is 5.74. The van der Waals surface area contributed by atoms with Crippen LogP contribution in [0.3, 0.4) is 0 Å². The summed E-state index contributed by atoms with van der Waals surface area (Å²) >= 11 is 0. The van der Waals surface area contributed by atoms with Crippen molar-refractivity contribution in [3.63, 3.8) is 0 Å². The second-order valence-electron chi connectivity index (χ2n) is 10.8. The Morgan fingerprint density at radius 3 is 2.21 bits per heavy atom.